The summed E-state index contributed by atoms with van der Waals surface area (Å²) in [6.07, 6.45) is 1.76. The summed E-state index contributed by atoms with van der Waals surface area (Å²) in [5.41, 5.74) is 1.42. The van der Waals surface area contributed by atoms with Crippen LogP contribution < -0.4 is 5.32 Å². The van der Waals surface area contributed by atoms with E-state index in [0.29, 0.717) is 17.1 Å². The van der Waals surface area contributed by atoms with Gasteiger partial charge in [0, 0.05) is 13.2 Å². The lowest BCUT2D eigenvalue weighted by molar-refractivity contribution is 0.0952. The van der Waals surface area contributed by atoms with E-state index in [-0.39, 0.29) is 18.4 Å². The first-order chi connectivity index (χ1) is 8.56. The van der Waals surface area contributed by atoms with Crippen molar-refractivity contribution in [3.8, 4) is 0 Å². The molecule has 0 aliphatic rings. The smallest absolute Gasteiger partial charge is 0.252 e. The molecular weight excluding hydrogens is 250 g/mol. The Bertz CT molecular complexity index is 407. The van der Waals surface area contributed by atoms with E-state index in [1.807, 2.05) is 26.0 Å². The summed E-state index contributed by atoms with van der Waals surface area (Å²) in [5, 5.41) is 12.2. The molecule has 0 spiro atoms. The summed E-state index contributed by atoms with van der Waals surface area (Å²) in [6, 6.07) is 5.42. The Morgan fingerprint density at radius 1 is 1.50 bits per heavy atom. The van der Waals surface area contributed by atoms with Crippen LogP contribution in [-0.2, 0) is 0 Å². The van der Waals surface area contributed by atoms with Crippen molar-refractivity contribution in [3.63, 3.8) is 0 Å². The standard InChI is InChI=1S/C14H20ClNO2/c1-10(9-17)5-4-8-16-14(18)12-7-3-6-11(2)13(12)15/h3,6-7,10,17H,4-5,8-9H2,1-2H3,(H,16,18). The zero-order valence-electron chi connectivity index (χ0n) is 10.9. The Hall–Kier alpha value is -1.06. The monoisotopic (exact) mass is 269 g/mol. The number of aryl methyl sites for hydroxylation is 1. The lowest BCUT2D eigenvalue weighted by atomic mass is 10.1. The van der Waals surface area contributed by atoms with Crippen LogP contribution in [0.4, 0.5) is 0 Å². The Labute approximate surface area is 113 Å². The number of amides is 1. The predicted octanol–water partition coefficient (Wildman–Crippen LogP) is 2.79. The molecule has 100 valence electrons. The molecule has 1 unspecified atom stereocenters. The molecule has 1 aromatic rings. The van der Waals surface area contributed by atoms with E-state index in [2.05, 4.69) is 5.32 Å². The van der Waals surface area contributed by atoms with Crippen molar-refractivity contribution in [2.75, 3.05) is 13.2 Å². The summed E-state index contributed by atoms with van der Waals surface area (Å²) in [7, 11) is 0. The number of carbonyl (C=O) groups excluding carboxylic acids is 1. The van der Waals surface area contributed by atoms with Gasteiger partial charge in [0.25, 0.3) is 5.91 Å². The average Bonchev–Trinajstić information content (AvgIpc) is 2.37. The lowest BCUT2D eigenvalue weighted by Gasteiger charge is -2.10. The maximum Gasteiger partial charge on any atom is 0.252 e. The van der Waals surface area contributed by atoms with E-state index in [4.69, 9.17) is 16.7 Å². The highest BCUT2D eigenvalue weighted by molar-refractivity contribution is 6.34. The third kappa shape index (κ3) is 4.31. The average molecular weight is 270 g/mol. The minimum Gasteiger partial charge on any atom is -0.396 e. The first kappa shape index (κ1) is 15.0. The molecule has 18 heavy (non-hydrogen) atoms. The molecule has 2 N–H and O–H groups in total. The van der Waals surface area contributed by atoms with Crippen molar-refractivity contribution in [1.82, 2.24) is 5.32 Å². The molecule has 0 heterocycles. The van der Waals surface area contributed by atoms with E-state index < -0.39 is 0 Å². The molecule has 0 aliphatic heterocycles. The Morgan fingerprint density at radius 3 is 2.89 bits per heavy atom. The third-order valence-corrected chi connectivity index (χ3v) is 3.41. The van der Waals surface area contributed by atoms with Gasteiger partial charge in [0.1, 0.15) is 0 Å². The molecule has 0 saturated carbocycles. The fourth-order valence-electron chi connectivity index (χ4n) is 1.66. The maximum atomic E-state index is 11.9. The van der Waals surface area contributed by atoms with E-state index in [0.717, 1.165) is 18.4 Å². The summed E-state index contributed by atoms with van der Waals surface area (Å²) >= 11 is 6.08. The summed E-state index contributed by atoms with van der Waals surface area (Å²) < 4.78 is 0. The van der Waals surface area contributed by atoms with E-state index in [1.165, 1.54) is 0 Å². The van der Waals surface area contributed by atoms with Gasteiger partial charge in [0.2, 0.25) is 0 Å². The topological polar surface area (TPSA) is 49.3 Å². The van der Waals surface area contributed by atoms with Crippen LogP contribution in [0.15, 0.2) is 18.2 Å². The fourth-order valence-corrected chi connectivity index (χ4v) is 1.87. The van der Waals surface area contributed by atoms with Crippen molar-refractivity contribution in [3.05, 3.63) is 34.3 Å². The molecule has 0 aromatic heterocycles. The van der Waals surface area contributed by atoms with Gasteiger partial charge in [-0.1, -0.05) is 30.7 Å². The van der Waals surface area contributed by atoms with Gasteiger partial charge in [-0.25, -0.2) is 0 Å². The van der Waals surface area contributed by atoms with Crippen LogP contribution >= 0.6 is 11.6 Å². The number of nitrogens with one attached hydrogen (secondary N) is 1. The predicted molar refractivity (Wildman–Crippen MR) is 74.0 cm³/mol. The molecule has 0 aliphatic carbocycles. The Kier molecular flexibility index (Phi) is 6.16. The summed E-state index contributed by atoms with van der Waals surface area (Å²) in [5.74, 6) is 0.143. The van der Waals surface area contributed by atoms with Gasteiger partial charge < -0.3 is 10.4 Å². The van der Waals surface area contributed by atoms with Crippen LogP contribution in [0.5, 0.6) is 0 Å². The van der Waals surface area contributed by atoms with Crippen LogP contribution in [0.1, 0.15) is 35.7 Å². The zero-order valence-corrected chi connectivity index (χ0v) is 11.6. The summed E-state index contributed by atoms with van der Waals surface area (Å²) in [6.45, 7) is 4.66. The quantitative estimate of drug-likeness (QED) is 0.780. The molecular formula is C14H20ClNO2. The van der Waals surface area contributed by atoms with Crippen LogP contribution in [0.2, 0.25) is 5.02 Å². The van der Waals surface area contributed by atoms with Crippen LogP contribution in [0.3, 0.4) is 0 Å². The third-order valence-electron chi connectivity index (χ3n) is 2.91. The molecule has 4 heteroatoms. The second-order valence-electron chi connectivity index (χ2n) is 4.62. The molecule has 0 fully saturated rings. The van der Waals surface area contributed by atoms with Crippen molar-refractivity contribution >= 4 is 17.5 Å². The molecule has 0 bridgehead atoms. The van der Waals surface area contributed by atoms with Crippen molar-refractivity contribution in [1.29, 1.82) is 0 Å². The van der Waals surface area contributed by atoms with Crippen LogP contribution in [0.25, 0.3) is 0 Å². The number of hydrogen-bond acceptors (Lipinski definition) is 2. The largest absolute Gasteiger partial charge is 0.396 e. The van der Waals surface area contributed by atoms with Crippen molar-refractivity contribution < 1.29 is 9.90 Å². The van der Waals surface area contributed by atoms with Crippen molar-refractivity contribution in [2.45, 2.75) is 26.7 Å². The second kappa shape index (κ2) is 7.39. The number of rotatable bonds is 6. The molecule has 1 rings (SSSR count). The minimum absolute atomic E-state index is 0.139. The highest BCUT2D eigenvalue weighted by Crippen LogP contribution is 2.19. The lowest BCUT2D eigenvalue weighted by Crippen LogP contribution is -2.25. The molecule has 0 saturated heterocycles. The Morgan fingerprint density at radius 2 is 2.22 bits per heavy atom. The molecule has 1 aromatic carbocycles. The number of carbonyl (C=O) groups is 1. The highest BCUT2D eigenvalue weighted by atomic mass is 35.5. The fraction of sp³-hybridized carbons (Fsp3) is 0.500. The number of halogens is 1. The van der Waals surface area contributed by atoms with E-state index in [9.17, 15) is 4.79 Å². The molecule has 0 radical (unpaired) electrons. The first-order valence-electron chi connectivity index (χ1n) is 6.20. The molecule has 3 nitrogen and oxygen atoms in total. The van der Waals surface area contributed by atoms with Crippen LogP contribution in [0, 0.1) is 12.8 Å². The highest BCUT2D eigenvalue weighted by Gasteiger charge is 2.10. The van der Waals surface area contributed by atoms with Gasteiger partial charge in [0.15, 0.2) is 0 Å². The maximum absolute atomic E-state index is 11.9. The van der Waals surface area contributed by atoms with Gasteiger partial charge in [-0.3, -0.25) is 4.79 Å². The van der Waals surface area contributed by atoms with Crippen LogP contribution in [-0.4, -0.2) is 24.2 Å². The van der Waals surface area contributed by atoms with Gasteiger partial charge >= 0.3 is 0 Å². The van der Waals surface area contributed by atoms with E-state index in [1.54, 1.807) is 6.07 Å². The van der Waals surface area contributed by atoms with Gasteiger partial charge in [-0.2, -0.15) is 0 Å². The van der Waals surface area contributed by atoms with Gasteiger partial charge in [-0.15, -0.1) is 0 Å². The molecule has 1 atom stereocenters. The first-order valence-corrected chi connectivity index (χ1v) is 6.58. The number of aliphatic hydroxyl groups is 1. The van der Waals surface area contributed by atoms with Gasteiger partial charge in [0.05, 0.1) is 10.6 Å². The SMILES string of the molecule is Cc1cccc(C(=O)NCCCC(C)CO)c1Cl. The number of benzene rings is 1. The number of aliphatic hydroxyl groups excluding tert-OH is 1. The summed E-state index contributed by atoms with van der Waals surface area (Å²) in [4.78, 5) is 11.9. The van der Waals surface area contributed by atoms with E-state index >= 15 is 0 Å². The minimum atomic E-state index is -0.139. The second-order valence-corrected chi connectivity index (χ2v) is 5.00. The molecule has 1 amide bonds. The van der Waals surface area contributed by atoms with Crippen molar-refractivity contribution in [2.24, 2.45) is 5.92 Å². The van der Waals surface area contributed by atoms with Gasteiger partial charge in [-0.05, 0) is 37.3 Å². The zero-order chi connectivity index (χ0) is 13.5. The normalized spacial score (nSPS) is 12.2. The Balaban J connectivity index is 2.44. The number of hydrogen-bond donors (Lipinski definition) is 2.